The Morgan fingerprint density at radius 3 is 0.753 bits per heavy atom. The van der Waals surface area contributed by atoms with Gasteiger partial charge in [-0.3, -0.25) is 14.4 Å². The molecule has 0 rings (SSSR count). The fourth-order valence-corrected chi connectivity index (χ4v) is 9.96. The molecule has 0 saturated heterocycles. The van der Waals surface area contributed by atoms with Crippen molar-refractivity contribution in [2.45, 2.75) is 348 Å². The number of esters is 3. The van der Waals surface area contributed by atoms with Gasteiger partial charge in [0, 0.05) is 19.3 Å². The van der Waals surface area contributed by atoms with Gasteiger partial charge in [-0.2, -0.15) is 0 Å². The van der Waals surface area contributed by atoms with Crippen LogP contribution in [0.3, 0.4) is 0 Å². The fraction of sp³-hybridized carbons (Fsp3) is 0.747. The van der Waals surface area contributed by atoms with Gasteiger partial charge in [-0.1, -0.05) is 323 Å². The first-order valence-electron chi connectivity index (χ1n) is 34.7. The molecule has 0 bridgehead atoms. The van der Waals surface area contributed by atoms with Crippen LogP contribution in [0, 0.1) is 0 Å². The molecule has 6 heteroatoms. The van der Waals surface area contributed by atoms with Crippen molar-refractivity contribution in [2.24, 2.45) is 0 Å². The van der Waals surface area contributed by atoms with Crippen LogP contribution in [0.2, 0.25) is 0 Å². The number of unbranched alkanes of at least 4 members (excludes halogenated alkanes) is 36. The van der Waals surface area contributed by atoms with Crippen LogP contribution in [0.1, 0.15) is 342 Å². The minimum atomic E-state index is -0.776. The third-order valence-corrected chi connectivity index (χ3v) is 15.1. The Morgan fingerprint density at radius 1 is 0.259 bits per heavy atom. The van der Waals surface area contributed by atoms with Gasteiger partial charge in [0.05, 0.1) is 0 Å². The highest BCUT2D eigenvalue weighted by Gasteiger charge is 2.19. The highest BCUT2D eigenvalue weighted by atomic mass is 16.6. The minimum absolute atomic E-state index is 0.0731. The third-order valence-electron chi connectivity index (χ3n) is 15.1. The second kappa shape index (κ2) is 68.8. The summed E-state index contributed by atoms with van der Waals surface area (Å²) in [5, 5.41) is 0. The summed E-state index contributed by atoms with van der Waals surface area (Å²) in [6, 6.07) is 0. The molecule has 0 aliphatic rings. The summed E-state index contributed by atoms with van der Waals surface area (Å²) in [4.78, 5) is 38.3. The number of rotatable bonds is 63. The van der Waals surface area contributed by atoms with E-state index in [1.165, 1.54) is 193 Å². The molecule has 0 radical (unpaired) electrons. The normalized spacial score (nSPS) is 12.7. The fourth-order valence-electron chi connectivity index (χ4n) is 9.96. The number of hydrogen-bond acceptors (Lipinski definition) is 6. The molecule has 0 fully saturated rings. The maximum atomic E-state index is 12.9. The summed E-state index contributed by atoms with van der Waals surface area (Å²) in [7, 11) is 0. The molecule has 81 heavy (non-hydrogen) atoms. The van der Waals surface area contributed by atoms with E-state index in [0.29, 0.717) is 19.3 Å². The Morgan fingerprint density at radius 2 is 0.481 bits per heavy atom. The van der Waals surface area contributed by atoms with E-state index in [4.69, 9.17) is 14.2 Å². The average Bonchev–Trinajstić information content (AvgIpc) is 3.47. The maximum Gasteiger partial charge on any atom is 0.306 e. The van der Waals surface area contributed by atoms with Crippen molar-refractivity contribution in [3.63, 3.8) is 0 Å². The van der Waals surface area contributed by atoms with Gasteiger partial charge in [-0.25, -0.2) is 0 Å². The van der Waals surface area contributed by atoms with E-state index in [1.54, 1.807) is 0 Å². The SMILES string of the molecule is CC/C=C\C/C=C\C/C=C\C/C=C\CCCCCCCCCCCCCCCCC(=O)OCC(COC(=O)CCCCCCCCCCC)OC(=O)CCCCCCCCCCCCCCCC/C=C\C/C=C\C/C=C\C/C=C\CC. The molecule has 0 aromatic rings. The lowest BCUT2D eigenvalue weighted by Crippen LogP contribution is -2.30. The highest BCUT2D eigenvalue weighted by molar-refractivity contribution is 5.71. The molecule has 0 saturated carbocycles. The van der Waals surface area contributed by atoms with E-state index in [2.05, 4.69) is 118 Å². The quantitative estimate of drug-likeness (QED) is 0.0261. The molecule has 0 aliphatic carbocycles. The lowest BCUT2D eigenvalue weighted by molar-refractivity contribution is -0.167. The molecule has 0 spiro atoms. The molecule has 0 aromatic heterocycles. The van der Waals surface area contributed by atoms with Crippen LogP contribution < -0.4 is 0 Å². The van der Waals surface area contributed by atoms with Crippen LogP contribution >= 0.6 is 0 Å². The number of carbonyl (C=O) groups excluding carboxylic acids is 3. The van der Waals surface area contributed by atoms with Crippen molar-refractivity contribution in [3.8, 4) is 0 Å². The van der Waals surface area contributed by atoms with Gasteiger partial charge in [-0.15, -0.1) is 0 Å². The molecule has 0 aromatic carbocycles. The lowest BCUT2D eigenvalue weighted by Gasteiger charge is -2.18. The van der Waals surface area contributed by atoms with Crippen molar-refractivity contribution in [1.82, 2.24) is 0 Å². The highest BCUT2D eigenvalue weighted by Crippen LogP contribution is 2.18. The van der Waals surface area contributed by atoms with Crippen LogP contribution in [-0.2, 0) is 28.6 Å². The van der Waals surface area contributed by atoms with Crippen molar-refractivity contribution < 1.29 is 28.6 Å². The molecule has 0 N–H and O–H groups in total. The van der Waals surface area contributed by atoms with E-state index < -0.39 is 6.10 Å². The van der Waals surface area contributed by atoms with Crippen molar-refractivity contribution in [2.75, 3.05) is 13.2 Å². The minimum Gasteiger partial charge on any atom is -0.462 e. The Kier molecular flexibility index (Phi) is 65.7. The number of carbonyl (C=O) groups is 3. The first kappa shape index (κ1) is 77.3. The second-order valence-corrected chi connectivity index (χ2v) is 23.0. The van der Waals surface area contributed by atoms with Crippen LogP contribution in [-0.4, -0.2) is 37.2 Å². The van der Waals surface area contributed by atoms with E-state index in [9.17, 15) is 14.4 Å². The zero-order valence-corrected chi connectivity index (χ0v) is 53.5. The van der Waals surface area contributed by atoms with Crippen LogP contribution in [0.5, 0.6) is 0 Å². The maximum absolute atomic E-state index is 12.9. The average molecular weight is 1130 g/mol. The third kappa shape index (κ3) is 67.0. The topological polar surface area (TPSA) is 78.9 Å². The molecule has 0 heterocycles. The van der Waals surface area contributed by atoms with Gasteiger partial charge >= 0.3 is 17.9 Å². The first-order valence-corrected chi connectivity index (χ1v) is 34.7. The number of ether oxygens (including phenoxy) is 3. The van der Waals surface area contributed by atoms with E-state index >= 15 is 0 Å². The predicted molar refractivity (Wildman–Crippen MR) is 353 cm³/mol. The molecular formula is C75H130O6. The summed E-state index contributed by atoms with van der Waals surface area (Å²) < 4.78 is 16.9. The van der Waals surface area contributed by atoms with Crippen LogP contribution in [0.15, 0.2) is 97.2 Å². The smallest absolute Gasteiger partial charge is 0.306 e. The molecule has 1 atom stereocenters. The van der Waals surface area contributed by atoms with Crippen molar-refractivity contribution >= 4 is 17.9 Å². The second-order valence-electron chi connectivity index (χ2n) is 23.0. The Balaban J connectivity index is 4.15. The number of hydrogen-bond donors (Lipinski definition) is 0. The van der Waals surface area contributed by atoms with E-state index in [-0.39, 0.29) is 31.1 Å². The van der Waals surface area contributed by atoms with Crippen LogP contribution in [0.25, 0.3) is 0 Å². The van der Waals surface area contributed by atoms with Gasteiger partial charge in [-0.05, 0) is 96.3 Å². The van der Waals surface area contributed by atoms with Gasteiger partial charge in [0.25, 0.3) is 0 Å². The summed E-state index contributed by atoms with van der Waals surface area (Å²) >= 11 is 0. The molecule has 6 nitrogen and oxygen atoms in total. The Labute approximate surface area is 502 Å². The van der Waals surface area contributed by atoms with Crippen molar-refractivity contribution in [1.29, 1.82) is 0 Å². The monoisotopic (exact) mass is 1130 g/mol. The molecule has 466 valence electrons. The zero-order valence-electron chi connectivity index (χ0n) is 53.5. The first-order chi connectivity index (χ1) is 40.0. The zero-order chi connectivity index (χ0) is 58.5. The van der Waals surface area contributed by atoms with Crippen LogP contribution in [0.4, 0.5) is 0 Å². The van der Waals surface area contributed by atoms with Gasteiger partial charge in [0.1, 0.15) is 13.2 Å². The summed E-state index contributed by atoms with van der Waals surface area (Å²) in [5.74, 6) is -0.861. The van der Waals surface area contributed by atoms with Crippen molar-refractivity contribution in [3.05, 3.63) is 97.2 Å². The molecule has 0 amide bonds. The molecule has 1 unspecified atom stereocenters. The van der Waals surface area contributed by atoms with E-state index in [1.807, 2.05) is 0 Å². The molecule has 0 aliphatic heterocycles. The van der Waals surface area contributed by atoms with Gasteiger partial charge in [0.2, 0.25) is 0 Å². The lowest BCUT2D eigenvalue weighted by atomic mass is 10.0. The summed E-state index contributed by atoms with van der Waals surface area (Å²) in [6.07, 6.45) is 93.0. The van der Waals surface area contributed by atoms with Gasteiger partial charge < -0.3 is 14.2 Å². The summed E-state index contributed by atoms with van der Waals surface area (Å²) in [6.45, 7) is 6.44. The number of allylic oxidation sites excluding steroid dienone is 16. The standard InChI is InChI=1S/C75H130O6/c1-4-7-10-13-16-19-21-23-25-27-29-31-33-35-37-39-41-43-45-47-49-51-53-56-59-62-65-68-74(77)80-71-72(70-79-73(76)67-64-61-58-55-18-15-12-9-6-3)81-75(78)69-66-63-60-57-54-52-50-48-46-44-42-40-38-36-34-32-30-28-26-24-22-20-17-14-11-8-5-2/h7-8,10-11,16-17,19-20,23-26,29-32,72H,4-6,9,12-15,18,21-22,27-28,33-71H2,1-3H3/b10-7-,11-8-,19-16-,20-17-,25-23-,26-24-,31-29-,32-30-. The predicted octanol–water partition coefficient (Wildman–Crippen LogP) is 24.0. The Hall–Kier alpha value is -3.67. The van der Waals surface area contributed by atoms with Gasteiger partial charge in [0.15, 0.2) is 6.10 Å². The molecular weight excluding hydrogens is 997 g/mol. The largest absolute Gasteiger partial charge is 0.462 e. The van der Waals surface area contributed by atoms with E-state index in [0.717, 1.165) is 109 Å². The summed E-state index contributed by atoms with van der Waals surface area (Å²) in [5.41, 5.74) is 0. The Bertz CT molecular complexity index is 1580.